The van der Waals surface area contributed by atoms with Crippen molar-refractivity contribution < 1.29 is 19.4 Å². The summed E-state index contributed by atoms with van der Waals surface area (Å²) in [5, 5.41) is 21.9. The third-order valence-electron chi connectivity index (χ3n) is 8.40. The molecule has 0 bridgehead atoms. The maximum absolute atomic E-state index is 13.0. The number of aryl methyl sites for hydroxylation is 1. The summed E-state index contributed by atoms with van der Waals surface area (Å²) in [4.78, 5) is 35.8. The van der Waals surface area contributed by atoms with Crippen LogP contribution in [0.3, 0.4) is 0 Å². The number of carboxylic acid groups (broad SMARTS) is 1. The average molecular weight is 576 g/mol. The molecule has 6 rings (SSSR count). The van der Waals surface area contributed by atoms with E-state index in [1.165, 1.54) is 16.3 Å². The van der Waals surface area contributed by atoms with Crippen LogP contribution in [0.5, 0.6) is 0 Å². The summed E-state index contributed by atoms with van der Waals surface area (Å²) in [6.45, 7) is 4.77. The first-order valence-corrected chi connectivity index (χ1v) is 14.5. The molecule has 0 radical (unpaired) electrons. The fourth-order valence-corrected chi connectivity index (χ4v) is 6.28. The Bertz CT molecular complexity index is 1710. The molecule has 1 aromatic heterocycles. The van der Waals surface area contributed by atoms with Gasteiger partial charge in [0.05, 0.1) is 30.8 Å². The lowest BCUT2D eigenvalue weighted by atomic mass is 9.97. The van der Waals surface area contributed by atoms with Crippen molar-refractivity contribution in [1.82, 2.24) is 9.88 Å². The van der Waals surface area contributed by atoms with Crippen LogP contribution in [-0.4, -0.2) is 59.3 Å². The number of fused-ring (bicyclic) bond motifs is 2. The lowest BCUT2D eigenvalue weighted by Gasteiger charge is -2.42. The molecule has 1 fully saturated rings. The number of pyridine rings is 1. The first-order chi connectivity index (χ1) is 20.9. The molecule has 1 amide bonds. The number of aromatic carboxylic acids is 1. The van der Waals surface area contributed by atoms with Gasteiger partial charge in [-0.15, -0.1) is 0 Å². The summed E-state index contributed by atoms with van der Waals surface area (Å²) >= 11 is 0. The highest BCUT2D eigenvalue weighted by Crippen LogP contribution is 2.36. The number of hydrogen-bond donors (Lipinski definition) is 1. The molecule has 0 aliphatic carbocycles. The molecule has 43 heavy (non-hydrogen) atoms. The number of ether oxygens (including phenoxy) is 1. The Kier molecular flexibility index (Phi) is 7.84. The SMILES string of the molecule is Cc1cccc2cccc(N3CCc4c(N5CCN(C(=O)OCc6ccccc6)[C@@H](CC#N)C5)cc(C(=O)O)nc4C3)c12. The lowest BCUT2D eigenvalue weighted by Crippen LogP contribution is -2.55. The molecule has 1 N–H and O–H groups in total. The number of piperazine rings is 1. The van der Waals surface area contributed by atoms with Gasteiger partial charge in [-0.05, 0) is 42.0 Å². The number of hydrogen-bond acceptors (Lipinski definition) is 7. The number of amides is 1. The number of carbonyl (C=O) groups excluding carboxylic acids is 1. The summed E-state index contributed by atoms with van der Waals surface area (Å²) in [6, 6.07) is 25.5. The largest absolute Gasteiger partial charge is 0.477 e. The Morgan fingerprint density at radius 1 is 1.00 bits per heavy atom. The van der Waals surface area contributed by atoms with E-state index >= 15 is 0 Å². The van der Waals surface area contributed by atoms with E-state index in [0.717, 1.165) is 34.7 Å². The topological polar surface area (TPSA) is 110 Å². The monoisotopic (exact) mass is 575 g/mol. The summed E-state index contributed by atoms with van der Waals surface area (Å²) in [5.41, 5.74) is 5.77. The Hall–Kier alpha value is -5.10. The van der Waals surface area contributed by atoms with Crippen LogP contribution < -0.4 is 9.80 Å². The van der Waals surface area contributed by atoms with Crippen LogP contribution in [0.1, 0.15) is 39.3 Å². The second-order valence-electron chi connectivity index (χ2n) is 11.1. The predicted octanol–water partition coefficient (Wildman–Crippen LogP) is 5.55. The van der Waals surface area contributed by atoms with Gasteiger partial charge in [-0.1, -0.05) is 60.7 Å². The van der Waals surface area contributed by atoms with E-state index in [1.54, 1.807) is 11.0 Å². The number of benzene rings is 3. The molecule has 9 nitrogen and oxygen atoms in total. The molecule has 0 saturated carbocycles. The minimum atomic E-state index is -1.08. The zero-order valence-electron chi connectivity index (χ0n) is 24.1. The number of carboxylic acids is 1. The van der Waals surface area contributed by atoms with Crippen LogP contribution in [0.2, 0.25) is 0 Å². The first kappa shape index (κ1) is 28.0. The average Bonchev–Trinajstić information content (AvgIpc) is 3.03. The molecule has 4 aromatic rings. The van der Waals surface area contributed by atoms with E-state index in [4.69, 9.17) is 4.74 Å². The molecule has 2 aliphatic heterocycles. The minimum absolute atomic E-state index is 0.00812. The van der Waals surface area contributed by atoms with E-state index < -0.39 is 18.1 Å². The Balaban J connectivity index is 1.26. The lowest BCUT2D eigenvalue weighted by molar-refractivity contribution is 0.0690. The van der Waals surface area contributed by atoms with Crippen molar-refractivity contribution in [2.75, 3.05) is 36.0 Å². The van der Waals surface area contributed by atoms with Crippen LogP contribution in [0.4, 0.5) is 16.2 Å². The van der Waals surface area contributed by atoms with Gasteiger partial charge in [0, 0.05) is 48.5 Å². The van der Waals surface area contributed by atoms with Crippen LogP contribution in [0, 0.1) is 18.3 Å². The van der Waals surface area contributed by atoms with Gasteiger partial charge in [0.15, 0.2) is 5.69 Å². The van der Waals surface area contributed by atoms with Crippen molar-refractivity contribution >= 4 is 34.2 Å². The molecule has 1 saturated heterocycles. The fraction of sp³-hybridized carbons (Fsp3) is 0.294. The highest BCUT2D eigenvalue weighted by Gasteiger charge is 2.34. The number of rotatable bonds is 6. The van der Waals surface area contributed by atoms with Gasteiger partial charge in [0.25, 0.3) is 0 Å². The van der Waals surface area contributed by atoms with E-state index in [2.05, 4.69) is 64.2 Å². The molecular weight excluding hydrogens is 542 g/mol. The second kappa shape index (κ2) is 12.0. The Morgan fingerprint density at radius 2 is 1.79 bits per heavy atom. The van der Waals surface area contributed by atoms with E-state index in [-0.39, 0.29) is 18.7 Å². The molecule has 3 aromatic carbocycles. The molecular formula is C34H33N5O4. The second-order valence-corrected chi connectivity index (χ2v) is 11.1. The quantitative estimate of drug-likeness (QED) is 0.319. The van der Waals surface area contributed by atoms with E-state index in [0.29, 0.717) is 32.6 Å². The summed E-state index contributed by atoms with van der Waals surface area (Å²) in [7, 11) is 0. The van der Waals surface area contributed by atoms with Crippen molar-refractivity contribution in [3.63, 3.8) is 0 Å². The normalized spacial score (nSPS) is 16.5. The Morgan fingerprint density at radius 3 is 2.56 bits per heavy atom. The van der Waals surface area contributed by atoms with Gasteiger partial charge in [0.1, 0.15) is 6.61 Å². The van der Waals surface area contributed by atoms with Crippen LogP contribution in [0.25, 0.3) is 10.8 Å². The Labute approximate surface area is 250 Å². The van der Waals surface area contributed by atoms with Gasteiger partial charge >= 0.3 is 12.1 Å². The first-order valence-electron chi connectivity index (χ1n) is 14.5. The van der Waals surface area contributed by atoms with Crippen molar-refractivity contribution in [2.45, 2.75) is 39.0 Å². The standard InChI is InChI=1S/C34H33N5O4/c1-23-7-5-10-25-11-6-12-30(32(23)25)37-16-14-27-29(21-37)36-28(33(40)41)19-31(27)38-17-18-39(26(20-38)13-15-35)34(42)43-22-24-8-3-2-4-9-24/h2-12,19,26H,13-14,16-18,20-22H2,1H3,(H,40,41)/t26-/m0/s1. The third-order valence-corrected chi connectivity index (χ3v) is 8.40. The molecule has 3 heterocycles. The highest BCUT2D eigenvalue weighted by molar-refractivity contribution is 5.97. The predicted molar refractivity (Wildman–Crippen MR) is 164 cm³/mol. The molecule has 1 atom stereocenters. The van der Waals surface area contributed by atoms with Crippen molar-refractivity contribution in [3.05, 3.63) is 101 Å². The fourth-order valence-electron chi connectivity index (χ4n) is 6.28. The molecule has 2 aliphatic rings. The molecule has 9 heteroatoms. The smallest absolute Gasteiger partial charge is 0.410 e. The number of nitriles is 1. The zero-order chi connectivity index (χ0) is 29.9. The zero-order valence-corrected chi connectivity index (χ0v) is 24.1. The van der Waals surface area contributed by atoms with E-state index in [1.807, 2.05) is 30.3 Å². The van der Waals surface area contributed by atoms with Crippen LogP contribution >= 0.6 is 0 Å². The van der Waals surface area contributed by atoms with Crippen LogP contribution in [0.15, 0.2) is 72.8 Å². The summed E-state index contributed by atoms with van der Waals surface area (Å²) in [6.07, 6.45) is 0.388. The van der Waals surface area contributed by atoms with Crippen molar-refractivity contribution in [3.8, 4) is 6.07 Å². The van der Waals surface area contributed by atoms with Crippen LogP contribution in [-0.2, 0) is 24.3 Å². The number of aromatic nitrogens is 1. The van der Waals surface area contributed by atoms with Crippen molar-refractivity contribution in [2.24, 2.45) is 0 Å². The maximum atomic E-state index is 13.0. The number of nitrogens with zero attached hydrogens (tertiary/aromatic N) is 5. The molecule has 218 valence electrons. The summed E-state index contributed by atoms with van der Waals surface area (Å²) < 4.78 is 5.58. The number of anilines is 2. The molecule has 0 spiro atoms. The van der Waals surface area contributed by atoms with Gasteiger partial charge in [-0.2, -0.15) is 5.26 Å². The van der Waals surface area contributed by atoms with Crippen molar-refractivity contribution in [1.29, 1.82) is 5.26 Å². The summed E-state index contributed by atoms with van der Waals surface area (Å²) in [5.74, 6) is -1.08. The van der Waals surface area contributed by atoms with Gasteiger partial charge in [-0.25, -0.2) is 14.6 Å². The highest BCUT2D eigenvalue weighted by atomic mass is 16.6. The molecule has 0 unspecified atom stereocenters. The maximum Gasteiger partial charge on any atom is 0.410 e. The minimum Gasteiger partial charge on any atom is -0.477 e. The third kappa shape index (κ3) is 5.69. The van der Waals surface area contributed by atoms with Gasteiger partial charge in [-0.3, -0.25) is 0 Å². The van der Waals surface area contributed by atoms with Gasteiger partial charge in [0.2, 0.25) is 0 Å². The number of carbonyl (C=O) groups is 2. The van der Waals surface area contributed by atoms with Gasteiger partial charge < -0.3 is 24.5 Å². The van der Waals surface area contributed by atoms with E-state index in [9.17, 15) is 20.0 Å².